The third-order valence-corrected chi connectivity index (χ3v) is 8.00. The maximum absolute atomic E-state index is 14.0. The molecule has 0 saturated carbocycles. The van der Waals surface area contributed by atoms with E-state index >= 15 is 0 Å². The molecule has 1 spiro atoms. The summed E-state index contributed by atoms with van der Waals surface area (Å²) in [6, 6.07) is 23.1. The topological polar surface area (TPSA) is 74.8 Å². The third-order valence-electron chi connectivity index (χ3n) is 5.90. The van der Waals surface area contributed by atoms with Crippen LogP contribution in [0.25, 0.3) is 0 Å². The molecule has 2 aliphatic heterocycles. The van der Waals surface area contributed by atoms with E-state index in [-0.39, 0.29) is 6.54 Å². The first kappa shape index (κ1) is 19.5. The second-order valence-electron chi connectivity index (χ2n) is 7.86. The van der Waals surface area contributed by atoms with E-state index in [4.69, 9.17) is 0 Å². The SMILES string of the molecule is Cc1ccc(CN2C(=O)C3(c4ccccc42)N(c2ccccc2)C(=O)CS3(=O)=O)cc1. The zero-order valence-electron chi connectivity index (χ0n) is 16.9. The fourth-order valence-corrected chi connectivity index (χ4v) is 6.53. The minimum atomic E-state index is -4.14. The number of aryl methyl sites for hydroxylation is 1. The Morgan fingerprint density at radius 3 is 2.23 bits per heavy atom. The molecule has 31 heavy (non-hydrogen) atoms. The number of nitrogens with zero attached hydrogens (tertiary/aromatic N) is 2. The van der Waals surface area contributed by atoms with Gasteiger partial charge in [-0.25, -0.2) is 8.42 Å². The Bertz CT molecular complexity index is 1300. The average Bonchev–Trinajstić information content (AvgIpc) is 3.13. The first-order valence-electron chi connectivity index (χ1n) is 9.94. The Labute approximate surface area is 180 Å². The van der Waals surface area contributed by atoms with Gasteiger partial charge in [0.25, 0.3) is 10.8 Å². The molecule has 156 valence electrons. The van der Waals surface area contributed by atoms with Gasteiger partial charge in [-0.1, -0.05) is 66.2 Å². The van der Waals surface area contributed by atoms with E-state index in [1.165, 1.54) is 9.80 Å². The van der Waals surface area contributed by atoms with E-state index in [0.717, 1.165) is 11.1 Å². The minimum absolute atomic E-state index is 0.213. The van der Waals surface area contributed by atoms with Crippen LogP contribution < -0.4 is 9.80 Å². The summed E-state index contributed by atoms with van der Waals surface area (Å²) in [4.78, 5) is 27.5. The number of fused-ring (bicyclic) bond motifs is 2. The van der Waals surface area contributed by atoms with Crippen molar-refractivity contribution in [3.63, 3.8) is 0 Å². The summed E-state index contributed by atoms with van der Waals surface area (Å²) >= 11 is 0. The van der Waals surface area contributed by atoms with Crippen LogP contribution in [0.4, 0.5) is 11.4 Å². The van der Waals surface area contributed by atoms with Crippen molar-refractivity contribution >= 4 is 33.0 Å². The lowest BCUT2D eigenvalue weighted by Crippen LogP contribution is -2.54. The fraction of sp³-hybridized carbons (Fsp3) is 0.167. The molecule has 1 atom stereocenters. The maximum Gasteiger partial charge on any atom is 0.274 e. The van der Waals surface area contributed by atoms with E-state index in [9.17, 15) is 18.0 Å². The number of para-hydroxylation sites is 2. The van der Waals surface area contributed by atoms with E-state index in [1.807, 2.05) is 31.2 Å². The molecule has 2 amide bonds. The zero-order chi connectivity index (χ0) is 21.8. The molecule has 0 radical (unpaired) electrons. The van der Waals surface area contributed by atoms with Gasteiger partial charge in [-0.3, -0.25) is 14.5 Å². The zero-order valence-corrected chi connectivity index (χ0v) is 17.7. The smallest absolute Gasteiger partial charge is 0.274 e. The maximum atomic E-state index is 14.0. The summed E-state index contributed by atoms with van der Waals surface area (Å²) in [6.45, 7) is 2.19. The highest BCUT2D eigenvalue weighted by molar-refractivity contribution is 7.94. The van der Waals surface area contributed by atoms with E-state index in [0.29, 0.717) is 16.9 Å². The third kappa shape index (κ3) is 2.66. The number of rotatable bonds is 3. The number of benzene rings is 3. The van der Waals surface area contributed by atoms with Crippen molar-refractivity contribution in [3.8, 4) is 0 Å². The van der Waals surface area contributed by atoms with E-state index < -0.39 is 32.3 Å². The summed E-state index contributed by atoms with van der Waals surface area (Å²) in [7, 11) is -4.14. The van der Waals surface area contributed by atoms with E-state index in [1.54, 1.807) is 54.6 Å². The summed E-state index contributed by atoms with van der Waals surface area (Å²) in [5.41, 5.74) is 3.18. The standard InChI is InChI=1S/C24H20N2O4S/c1-17-11-13-18(14-12-17)15-25-21-10-6-5-9-20(21)24(23(25)28)26(19-7-3-2-4-8-19)22(27)16-31(24,29)30/h2-14H,15-16H2,1H3. The molecule has 1 unspecified atom stereocenters. The Morgan fingerprint density at radius 2 is 1.52 bits per heavy atom. The summed E-state index contributed by atoms with van der Waals surface area (Å²) < 4.78 is 27.0. The second-order valence-corrected chi connectivity index (χ2v) is 9.97. The Balaban J connectivity index is 1.73. The molecular formula is C24H20N2O4S. The molecule has 0 bridgehead atoms. The van der Waals surface area contributed by atoms with Crippen LogP contribution in [0.5, 0.6) is 0 Å². The van der Waals surface area contributed by atoms with Gasteiger partial charge in [0.2, 0.25) is 5.91 Å². The fourth-order valence-electron chi connectivity index (χ4n) is 4.50. The number of sulfone groups is 1. The van der Waals surface area contributed by atoms with Crippen molar-refractivity contribution in [1.29, 1.82) is 0 Å². The molecule has 6 nitrogen and oxygen atoms in total. The van der Waals surface area contributed by atoms with Crippen molar-refractivity contribution < 1.29 is 18.0 Å². The number of hydrogen-bond acceptors (Lipinski definition) is 4. The largest absolute Gasteiger partial charge is 0.304 e. The van der Waals surface area contributed by atoms with Crippen LogP contribution in [0.2, 0.25) is 0 Å². The van der Waals surface area contributed by atoms with Crippen LogP contribution in [0.15, 0.2) is 78.9 Å². The summed E-state index contributed by atoms with van der Waals surface area (Å²) in [6.07, 6.45) is 0. The normalized spacial score (nSPS) is 21.7. The quantitative estimate of drug-likeness (QED) is 0.637. The molecule has 1 fully saturated rings. The van der Waals surface area contributed by atoms with Crippen LogP contribution in [-0.4, -0.2) is 26.0 Å². The van der Waals surface area contributed by atoms with Gasteiger partial charge in [-0.2, -0.15) is 0 Å². The molecule has 0 aliphatic carbocycles. The number of amides is 2. The molecule has 0 aromatic heterocycles. The van der Waals surface area contributed by atoms with Crippen molar-refractivity contribution in [1.82, 2.24) is 0 Å². The molecule has 0 N–H and O–H groups in total. The molecule has 2 aliphatic rings. The van der Waals surface area contributed by atoms with Crippen molar-refractivity contribution in [2.75, 3.05) is 15.6 Å². The highest BCUT2D eigenvalue weighted by atomic mass is 32.2. The van der Waals surface area contributed by atoms with Gasteiger partial charge in [0.05, 0.1) is 12.2 Å². The summed E-state index contributed by atoms with van der Waals surface area (Å²) in [5, 5.41) is 0. The van der Waals surface area contributed by atoms with Crippen LogP contribution >= 0.6 is 0 Å². The Morgan fingerprint density at radius 1 is 0.871 bits per heavy atom. The lowest BCUT2D eigenvalue weighted by molar-refractivity contribution is -0.123. The Kier molecular flexibility index (Phi) is 4.27. The van der Waals surface area contributed by atoms with Crippen LogP contribution in [0.1, 0.15) is 16.7 Å². The number of carbonyl (C=O) groups excluding carboxylic acids is 2. The van der Waals surface area contributed by atoms with Crippen LogP contribution in [0, 0.1) is 6.92 Å². The predicted molar refractivity (Wildman–Crippen MR) is 118 cm³/mol. The molecular weight excluding hydrogens is 412 g/mol. The van der Waals surface area contributed by atoms with Gasteiger partial charge < -0.3 is 4.90 Å². The molecule has 5 rings (SSSR count). The number of carbonyl (C=O) groups is 2. The van der Waals surface area contributed by atoms with Crippen molar-refractivity contribution in [2.24, 2.45) is 0 Å². The monoisotopic (exact) mass is 432 g/mol. The van der Waals surface area contributed by atoms with Crippen molar-refractivity contribution in [2.45, 2.75) is 18.3 Å². The van der Waals surface area contributed by atoms with Gasteiger partial charge in [0.1, 0.15) is 5.75 Å². The van der Waals surface area contributed by atoms with Gasteiger partial charge in [-0.05, 0) is 30.7 Å². The highest BCUT2D eigenvalue weighted by Crippen LogP contribution is 2.52. The van der Waals surface area contributed by atoms with Crippen molar-refractivity contribution in [3.05, 3.63) is 95.6 Å². The van der Waals surface area contributed by atoms with Gasteiger partial charge in [-0.15, -0.1) is 0 Å². The Hall–Kier alpha value is -3.45. The highest BCUT2D eigenvalue weighted by Gasteiger charge is 2.69. The molecule has 2 heterocycles. The van der Waals surface area contributed by atoms with Gasteiger partial charge in [0, 0.05) is 11.3 Å². The first-order valence-corrected chi connectivity index (χ1v) is 11.6. The lowest BCUT2D eigenvalue weighted by atomic mass is 10.0. The molecule has 3 aromatic carbocycles. The van der Waals surface area contributed by atoms with Gasteiger partial charge in [0.15, 0.2) is 9.84 Å². The molecule has 3 aromatic rings. The molecule has 1 saturated heterocycles. The van der Waals surface area contributed by atoms with E-state index in [2.05, 4.69) is 0 Å². The predicted octanol–water partition coefficient (Wildman–Crippen LogP) is 3.16. The van der Waals surface area contributed by atoms with Gasteiger partial charge >= 0.3 is 0 Å². The number of hydrogen-bond donors (Lipinski definition) is 0. The average molecular weight is 433 g/mol. The summed E-state index contributed by atoms with van der Waals surface area (Å²) in [5.74, 6) is -1.93. The minimum Gasteiger partial charge on any atom is -0.304 e. The van der Waals surface area contributed by atoms with Crippen LogP contribution in [0.3, 0.4) is 0 Å². The lowest BCUT2D eigenvalue weighted by Gasteiger charge is -2.32. The number of anilines is 2. The second kappa shape index (κ2) is 6.78. The van der Waals surface area contributed by atoms with Crippen LogP contribution in [-0.2, 0) is 30.8 Å². The molecule has 7 heteroatoms. The first-order chi connectivity index (χ1) is 14.9.